The molecule has 2 atom stereocenters. The fourth-order valence-corrected chi connectivity index (χ4v) is 9.39. The van der Waals surface area contributed by atoms with E-state index in [0.29, 0.717) is 87.7 Å². The van der Waals surface area contributed by atoms with Crippen LogP contribution in [0.5, 0.6) is 0 Å². The molecule has 2 aliphatic heterocycles. The summed E-state index contributed by atoms with van der Waals surface area (Å²) in [6.45, 7) is 6.04. The molecule has 0 bridgehead atoms. The van der Waals surface area contributed by atoms with E-state index in [1.807, 2.05) is 28.6 Å². The number of carboxylic acid groups (broad SMARTS) is 1. The number of hydrogen-bond acceptors (Lipinski definition) is 14. The Balaban J connectivity index is 1.71. The number of allylic oxidation sites excluding steroid dienone is 8. The second-order valence-electron chi connectivity index (χ2n) is 15.2. The molecule has 0 aromatic heterocycles. The van der Waals surface area contributed by atoms with E-state index < -0.39 is 57.8 Å². The quantitative estimate of drug-likeness (QED) is 0.0606. The van der Waals surface area contributed by atoms with E-state index >= 15 is 0 Å². The Bertz CT molecular complexity index is 2390. The van der Waals surface area contributed by atoms with E-state index in [1.165, 1.54) is 30.3 Å². The van der Waals surface area contributed by atoms with Crippen LogP contribution in [0.1, 0.15) is 69.9 Å². The molecule has 0 spiro atoms. The van der Waals surface area contributed by atoms with Crippen LogP contribution in [0.2, 0.25) is 0 Å². The molecule has 61 heavy (non-hydrogen) atoms. The summed E-state index contributed by atoms with van der Waals surface area (Å²) in [4.78, 5) is 12.3. The van der Waals surface area contributed by atoms with Crippen LogP contribution in [0.4, 0.5) is 11.4 Å². The van der Waals surface area contributed by atoms with Crippen LogP contribution in [-0.2, 0) is 60.2 Å². The maximum absolute atomic E-state index is 12.1. The summed E-state index contributed by atoms with van der Waals surface area (Å²) in [5.41, 5.74) is 2.19. The Hall–Kier alpha value is -4.05. The van der Waals surface area contributed by atoms with E-state index in [2.05, 4.69) is 0 Å². The van der Waals surface area contributed by atoms with Gasteiger partial charge in [0, 0.05) is 80.5 Å². The third-order valence-corrected chi connectivity index (χ3v) is 13.4. The van der Waals surface area contributed by atoms with Gasteiger partial charge in [-0.3, -0.25) is 4.79 Å². The fourth-order valence-electron chi connectivity index (χ4n) is 7.90. The van der Waals surface area contributed by atoms with Gasteiger partial charge in [0.2, 0.25) is 5.69 Å². The molecular formula is C42H54N2O14S3-2. The monoisotopic (exact) mass is 906 g/mol. The first-order valence-electron chi connectivity index (χ1n) is 19.7. The van der Waals surface area contributed by atoms with Gasteiger partial charge in [-0.25, -0.2) is 25.3 Å². The van der Waals surface area contributed by atoms with E-state index in [9.17, 15) is 43.7 Å². The molecule has 2 heterocycles. The number of benzene rings is 2. The van der Waals surface area contributed by atoms with Gasteiger partial charge in [0.25, 0.3) is 0 Å². The van der Waals surface area contributed by atoms with Crippen molar-refractivity contribution in [3.8, 4) is 0 Å². The number of hydrogen-bond donors (Lipinski definition) is 1. The standard InChI is InChI=1S/C42H56N2O14S3/c1-41(21-13-29-59(47,48)49)34-30-32(60(50,51)52)17-19-36(34)43(23-12-8-11-16-40(45)46)38(41)14-9-6-5-7-10-15-39-42(2,22-25-58-28-27-57-4)35-31-33(61(53,54)55)18-20-37(35)44(39)24-26-56-3/h5-7,9-10,14-15,17-20,30-31H,8,11-13,16,21-29H2,1-4H3,(H3-,45,46,47,48,49,50,51,52,53,54,55)/p-2. The van der Waals surface area contributed by atoms with Gasteiger partial charge in [0.15, 0.2) is 5.71 Å². The molecule has 16 nitrogen and oxygen atoms in total. The molecule has 0 radical (unpaired) electrons. The van der Waals surface area contributed by atoms with Crippen LogP contribution in [0, 0.1) is 0 Å². The van der Waals surface area contributed by atoms with Crippen LogP contribution in [0.15, 0.2) is 94.4 Å². The molecule has 0 saturated carbocycles. The van der Waals surface area contributed by atoms with E-state index in [0.717, 1.165) is 11.4 Å². The Labute approximate surface area is 359 Å². The molecule has 19 heteroatoms. The molecule has 336 valence electrons. The molecule has 1 N–H and O–H groups in total. The first-order valence-corrected chi connectivity index (χ1v) is 24.1. The Morgan fingerprint density at radius 3 is 2.03 bits per heavy atom. The summed E-state index contributed by atoms with van der Waals surface area (Å²) in [5, 5.41) is 9.10. The van der Waals surface area contributed by atoms with Crippen molar-refractivity contribution in [3.63, 3.8) is 0 Å². The summed E-state index contributed by atoms with van der Waals surface area (Å²) in [6, 6.07) is 8.40. The number of aliphatic carboxylic acids is 1. The van der Waals surface area contributed by atoms with Crippen LogP contribution < -0.4 is 4.90 Å². The highest BCUT2D eigenvalue weighted by Crippen LogP contribution is 2.51. The molecule has 2 aromatic rings. The van der Waals surface area contributed by atoms with Crippen molar-refractivity contribution in [2.75, 3.05) is 64.4 Å². The highest BCUT2D eigenvalue weighted by Gasteiger charge is 2.48. The van der Waals surface area contributed by atoms with Gasteiger partial charge in [0.1, 0.15) is 26.8 Å². The first-order chi connectivity index (χ1) is 28.7. The van der Waals surface area contributed by atoms with Crippen LogP contribution >= 0.6 is 0 Å². The molecule has 0 aliphatic carbocycles. The number of carboxylic acids is 1. The van der Waals surface area contributed by atoms with E-state index in [-0.39, 0.29) is 24.2 Å². The van der Waals surface area contributed by atoms with Crippen molar-refractivity contribution in [3.05, 3.63) is 95.8 Å². The Morgan fingerprint density at radius 2 is 1.39 bits per heavy atom. The first kappa shape index (κ1) is 49.6. The summed E-state index contributed by atoms with van der Waals surface area (Å²) < 4.78 is 125. The van der Waals surface area contributed by atoms with Crippen LogP contribution in [0.3, 0.4) is 0 Å². The maximum Gasteiger partial charge on any atom is 0.303 e. The molecule has 0 saturated heterocycles. The molecule has 2 aliphatic rings. The third kappa shape index (κ3) is 13.0. The van der Waals surface area contributed by atoms with Crippen molar-refractivity contribution in [2.24, 2.45) is 0 Å². The molecule has 4 rings (SSSR count). The van der Waals surface area contributed by atoms with Gasteiger partial charge in [0.05, 0.1) is 45.1 Å². The number of anilines is 1. The third-order valence-electron chi connectivity index (χ3n) is 11.0. The average Bonchev–Trinajstić information content (AvgIpc) is 3.54. The van der Waals surface area contributed by atoms with Crippen LogP contribution in [0.25, 0.3) is 0 Å². The number of rotatable bonds is 25. The molecule has 0 fully saturated rings. The second kappa shape index (κ2) is 21.4. The molecular weight excluding hydrogens is 853 g/mol. The largest absolute Gasteiger partial charge is 0.748 e. The van der Waals surface area contributed by atoms with E-state index in [1.54, 1.807) is 57.6 Å². The zero-order chi connectivity index (χ0) is 45.1. The van der Waals surface area contributed by atoms with Crippen molar-refractivity contribution in [1.29, 1.82) is 0 Å². The number of fused-ring (bicyclic) bond motifs is 2. The second-order valence-corrected chi connectivity index (χ2v) is 19.5. The van der Waals surface area contributed by atoms with Gasteiger partial charge in [-0.05, 0) is 87.9 Å². The lowest BCUT2D eigenvalue weighted by atomic mass is 9.76. The SMILES string of the molecule is COCCOCCC1(C)\C(=C/C=C/C=C/C=C/C2=[N+](CCCCCC(=O)O)c3ccc(S(=O)(=O)[O-])cc3C2(C)CCCS(=O)(=O)[O-])N(CCOC)c2ccc(S(=O)(=O)[O-])cc21. The minimum atomic E-state index is -4.85. The highest BCUT2D eigenvalue weighted by molar-refractivity contribution is 7.86. The zero-order valence-electron chi connectivity index (χ0n) is 34.8. The highest BCUT2D eigenvalue weighted by atomic mass is 32.2. The Kier molecular flexibility index (Phi) is 17.4. The summed E-state index contributed by atoms with van der Waals surface area (Å²) in [6.07, 6.45) is 14.7. The lowest BCUT2D eigenvalue weighted by molar-refractivity contribution is -0.438. The summed E-state index contributed by atoms with van der Waals surface area (Å²) >= 11 is 0. The number of carbonyl (C=O) groups is 1. The van der Waals surface area contributed by atoms with Gasteiger partial charge in [-0.2, -0.15) is 4.58 Å². The van der Waals surface area contributed by atoms with Crippen molar-refractivity contribution in [2.45, 2.75) is 79.4 Å². The maximum atomic E-state index is 12.1. The molecule has 2 aromatic carbocycles. The van der Waals surface area contributed by atoms with Gasteiger partial charge >= 0.3 is 5.97 Å². The summed E-state index contributed by atoms with van der Waals surface area (Å²) in [5.74, 6) is -1.55. The topological polar surface area (TPSA) is 243 Å². The minimum Gasteiger partial charge on any atom is -0.748 e. The van der Waals surface area contributed by atoms with E-state index in [4.69, 9.17) is 19.3 Å². The van der Waals surface area contributed by atoms with Crippen molar-refractivity contribution >= 4 is 53.4 Å². The number of methoxy groups -OCH3 is 2. The molecule has 2 unspecified atom stereocenters. The van der Waals surface area contributed by atoms with Crippen molar-refractivity contribution < 1.29 is 67.6 Å². The number of nitrogens with zero attached hydrogens (tertiary/aromatic N) is 2. The zero-order valence-corrected chi connectivity index (χ0v) is 37.2. The fraction of sp³-hybridized carbons (Fsp3) is 0.476. The van der Waals surface area contributed by atoms with Gasteiger partial charge in [-0.1, -0.05) is 30.4 Å². The average molecular weight is 907 g/mol. The Morgan fingerprint density at radius 1 is 0.754 bits per heavy atom. The lowest BCUT2D eigenvalue weighted by Gasteiger charge is -2.30. The summed E-state index contributed by atoms with van der Waals surface area (Å²) in [7, 11) is -11.0. The number of unbranched alkanes of at least 4 members (excludes halogenated alkanes) is 2. The van der Waals surface area contributed by atoms with Crippen LogP contribution in [-0.4, -0.2) is 120 Å². The van der Waals surface area contributed by atoms with Gasteiger partial charge < -0.3 is 37.9 Å². The predicted octanol–water partition coefficient (Wildman–Crippen LogP) is 4.85. The number of ether oxygens (including phenoxy) is 3. The van der Waals surface area contributed by atoms with Crippen molar-refractivity contribution in [1.82, 2.24) is 0 Å². The minimum absolute atomic E-state index is 0.00149. The molecule has 0 amide bonds. The predicted molar refractivity (Wildman–Crippen MR) is 225 cm³/mol. The lowest BCUT2D eigenvalue weighted by Crippen LogP contribution is -2.32. The normalized spacial score (nSPS) is 20.2. The smallest absolute Gasteiger partial charge is 0.303 e. The van der Waals surface area contributed by atoms with Gasteiger partial charge in [-0.15, -0.1) is 0 Å².